The lowest BCUT2D eigenvalue weighted by Gasteiger charge is -2.25. The molecule has 6 nitrogen and oxygen atoms in total. The fourth-order valence-corrected chi connectivity index (χ4v) is 13.3. The Morgan fingerprint density at radius 1 is 0.514 bits per heavy atom. The van der Waals surface area contributed by atoms with E-state index in [0.717, 1.165) is 93.4 Å². The zero-order valence-corrected chi connectivity index (χ0v) is 44.4. The average molecular weight is 1020 g/mol. The summed E-state index contributed by atoms with van der Waals surface area (Å²) in [4.78, 5) is 34.4. The highest BCUT2D eigenvalue weighted by molar-refractivity contribution is 7.19. The minimum absolute atomic E-state index is 0.301. The molecule has 0 fully saturated rings. The van der Waals surface area contributed by atoms with E-state index in [1.807, 2.05) is 53.0 Å². The van der Waals surface area contributed by atoms with Crippen molar-refractivity contribution in [3.8, 4) is 58.5 Å². The Labute approximate surface area is 440 Å². The molecule has 0 saturated heterocycles. The van der Waals surface area contributed by atoms with Gasteiger partial charge in [-0.25, -0.2) is 14.8 Å². The van der Waals surface area contributed by atoms with Gasteiger partial charge in [0.2, 0.25) is 0 Å². The van der Waals surface area contributed by atoms with Crippen molar-refractivity contribution in [3.05, 3.63) is 166 Å². The van der Waals surface area contributed by atoms with Crippen LogP contribution in [-0.2, 0) is 17.6 Å². The maximum atomic E-state index is 11.8. The predicted molar refractivity (Wildman–Crippen MR) is 308 cm³/mol. The molecule has 0 radical (unpaired) electrons. The third kappa shape index (κ3) is 12.2. The van der Waals surface area contributed by atoms with Crippen molar-refractivity contribution in [2.45, 2.75) is 104 Å². The van der Waals surface area contributed by atoms with Gasteiger partial charge in [-0.1, -0.05) is 139 Å². The fraction of sp³-hybridized carbons (Fsp3) is 0.258. The van der Waals surface area contributed by atoms with Gasteiger partial charge in [-0.05, 0) is 122 Å². The third-order valence-electron chi connectivity index (χ3n) is 13.0. The molecule has 0 spiro atoms. The summed E-state index contributed by atoms with van der Waals surface area (Å²) < 4.78 is 0. The molecular formula is C62H60N4O2S4. The molecule has 0 unspecified atom stereocenters. The number of carboxylic acid groups (broad SMARTS) is 1. The molecule has 0 saturated carbocycles. The average Bonchev–Trinajstić information content (AvgIpc) is 4.27. The van der Waals surface area contributed by atoms with E-state index >= 15 is 0 Å². The van der Waals surface area contributed by atoms with E-state index in [-0.39, 0.29) is 5.57 Å². The van der Waals surface area contributed by atoms with Gasteiger partial charge in [-0.2, -0.15) is 5.26 Å². The lowest BCUT2D eigenvalue weighted by molar-refractivity contribution is -0.132. The van der Waals surface area contributed by atoms with Gasteiger partial charge in [0.15, 0.2) is 0 Å². The molecule has 9 rings (SSSR count). The molecule has 5 aromatic heterocycles. The van der Waals surface area contributed by atoms with Gasteiger partial charge < -0.3 is 10.0 Å². The van der Waals surface area contributed by atoms with Crippen LogP contribution in [0.15, 0.2) is 151 Å². The standard InChI is InChI=1S/C62H60N4O2S4/c1-3-5-7-9-11-19-25-48-31-37-56(69-48)60-61(57-38-32-49(70-57)26-20-12-10-8-6-4-2)65-59-52(35-34-51(58(59)64-60)54-36-33-50(71-54)41-44(42-63)62(67)68)55-40-39-53(72-55)43-27-29-47(30-28-43)66(45-21-15-13-16-22-45)46-23-17-14-18-24-46/h13-18,21-24,27-41H,3-12,19-20,25-26H2,1-2H3,(H,67,68)/b44-41-. The van der Waals surface area contributed by atoms with Crippen molar-refractivity contribution < 1.29 is 9.90 Å². The first-order valence-corrected chi connectivity index (χ1v) is 28.8. The summed E-state index contributed by atoms with van der Waals surface area (Å²) in [5.41, 5.74) is 9.43. The Hall–Kier alpha value is -6.48. The molecule has 0 aliphatic carbocycles. The van der Waals surface area contributed by atoms with Crippen molar-refractivity contribution >= 4 is 85.5 Å². The second kappa shape index (κ2) is 24.8. The molecule has 0 aliphatic rings. The van der Waals surface area contributed by atoms with E-state index in [1.54, 1.807) is 11.3 Å². The van der Waals surface area contributed by atoms with Gasteiger partial charge in [0.25, 0.3) is 0 Å². The van der Waals surface area contributed by atoms with Crippen LogP contribution in [0.2, 0.25) is 0 Å². The lowest BCUT2D eigenvalue weighted by atomic mass is 10.0. The normalized spacial score (nSPS) is 11.6. The minimum Gasteiger partial charge on any atom is -0.477 e. The zero-order valence-electron chi connectivity index (χ0n) is 41.1. The summed E-state index contributed by atoms with van der Waals surface area (Å²) in [5.74, 6) is -1.24. The molecule has 9 aromatic rings. The Kier molecular flexibility index (Phi) is 17.4. The zero-order chi connectivity index (χ0) is 49.7. The molecule has 364 valence electrons. The number of unbranched alkanes of at least 4 members (excludes halogenated alkanes) is 10. The molecule has 72 heavy (non-hydrogen) atoms. The first kappa shape index (κ1) is 50.5. The number of aliphatic carboxylic acids is 1. The molecule has 0 amide bonds. The van der Waals surface area contributed by atoms with Crippen LogP contribution >= 0.6 is 45.3 Å². The monoisotopic (exact) mass is 1020 g/mol. The van der Waals surface area contributed by atoms with Gasteiger partial charge in [0, 0.05) is 57.5 Å². The van der Waals surface area contributed by atoms with Crippen LogP contribution in [0.3, 0.4) is 0 Å². The topological polar surface area (TPSA) is 90.1 Å². The van der Waals surface area contributed by atoms with Crippen molar-refractivity contribution in [1.29, 1.82) is 5.26 Å². The number of rotatable bonds is 24. The Morgan fingerprint density at radius 3 is 1.49 bits per heavy atom. The second-order valence-corrected chi connectivity index (χ2v) is 22.8. The lowest BCUT2D eigenvalue weighted by Crippen LogP contribution is -2.09. The Morgan fingerprint density at radius 2 is 0.972 bits per heavy atom. The quantitative estimate of drug-likeness (QED) is 0.0368. The number of fused-ring (bicyclic) bond motifs is 1. The number of anilines is 3. The van der Waals surface area contributed by atoms with Gasteiger partial charge in [-0.3, -0.25) is 0 Å². The van der Waals surface area contributed by atoms with E-state index in [2.05, 4.69) is 140 Å². The van der Waals surface area contributed by atoms with Crippen LogP contribution < -0.4 is 4.90 Å². The summed E-state index contributed by atoms with van der Waals surface area (Å²) in [6.45, 7) is 4.53. The van der Waals surface area contributed by atoms with E-state index in [4.69, 9.17) is 9.97 Å². The highest BCUT2D eigenvalue weighted by atomic mass is 32.1. The molecule has 0 atom stereocenters. The van der Waals surface area contributed by atoms with Crippen LogP contribution in [-0.4, -0.2) is 21.0 Å². The van der Waals surface area contributed by atoms with Crippen LogP contribution in [0.25, 0.3) is 69.6 Å². The van der Waals surface area contributed by atoms with Gasteiger partial charge >= 0.3 is 5.97 Å². The van der Waals surface area contributed by atoms with Crippen molar-refractivity contribution in [1.82, 2.24) is 9.97 Å². The van der Waals surface area contributed by atoms with E-state index in [9.17, 15) is 15.2 Å². The van der Waals surface area contributed by atoms with E-state index in [1.165, 1.54) is 104 Å². The molecule has 0 bridgehead atoms. The first-order valence-electron chi connectivity index (χ1n) is 25.5. The smallest absolute Gasteiger partial charge is 0.346 e. The van der Waals surface area contributed by atoms with Gasteiger partial charge in [0.1, 0.15) is 23.0 Å². The number of hydrogen-bond acceptors (Lipinski definition) is 9. The SMILES string of the molecule is CCCCCCCCc1ccc(-c2nc3c(-c4ccc(/C=C(/C#N)C(=O)O)s4)ccc(-c4ccc(-c5ccc(N(c6ccccc6)c6ccccc6)cc5)s4)c3nc2-c2ccc(CCCCCCCC)s2)s1. The molecule has 4 aromatic carbocycles. The van der Waals surface area contributed by atoms with Crippen LogP contribution in [0.4, 0.5) is 17.1 Å². The summed E-state index contributed by atoms with van der Waals surface area (Å²) in [7, 11) is 0. The number of aryl methyl sites for hydroxylation is 2. The molecular weight excluding hydrogens is 961 g/mol. The minimum atomic E-state index is -1.24. The maximum absolute atomic E-state index is 11.8. The van der Waals surface area contributed by atoms with Crippen molar-refractivity contribution in [2.75, 3.05) is 4.90 Å². The summed E-state index contributed by atoms with van der Waals surface area (Å²) in [5, 5.41) is 19.2. The number of carbonyl (C=O) groups is 1. The molecule has 5 heterocycles. The summed E-state index contributed by atoms with van der Waals surface area (Å²) in [6, 6.07) is 53.3. The fourth-order valence-electron chi connectivity index (χ4n) is 9.19. The number of nitrogens with zero attached hydrogens (tertiary/aromatic N) is 4. The van der Waals surface area contributed by atoms with Gasteiger partial charge in [-0.15, -0.1) is 45.3 Å². The number of thiophene rings is 4. The van der Waals surface area contributed by atoms with E-state index in [0.29, 0.717) is 4.88 Å². The van der Waals surface area contributed by atoms with E-state index < -0.39 is 5.97 Å². The first-order chi connectivity index (χ1) is 35.4. The Bertz CT molecular complexity index is 3240. The number of para-hydroxylation sites is 2. The van der Waals surface area contributed by atoms with Crippen molar-refractivity contribution in [2.24, 2.45) is 0 Å². The third-order valence-corrected chi connectivity index (χ3v) is 17.5. The van der Waals surface area contributed by atoms with Crippen molar-refractivity contribution in [3.63, 3.8) is 0 Å². The molecule has 10 heteroatoms. The predicted octanol–water partition coefficient (Wildman–Crippen LogP) is 19.5. The number of nitriles is 1. The summed E-state index contributed by atoms with van der Waals surface area (Å²) >= 11 is 6.87. The highest BCUT2D eigenvalue weighted by Gasteiger charge is 2.23. The van der Waals surface area contributed by atoms with Crippen LogP contribution in [0, 0.1) is 11.3 Å². The number of benzene rings is 4. The van der Waals surface area contributed by atoms with Crippen LogP contribution in [0.5, 0.6) is 0 Å². The number of aromatic nitrogens is 2. The summed E-state index contributed by atoms with van der Waals surface area (Å²) in [6.07, 6.45) is 18.7. The number of carboxylic acids is 1. The molecule has 1 N–H and O–H groups in total. The highest BCUT2D eigenvalue weighted by Crippen LogP contribution is 2.46. The Balaban J connectivity index is 1.13. The number of hydrogen-bond donors (Lipinski definition) is 1. The van der Waals surface area contributed by atoms with Gasteiger partial charge in [0.05, 0.1) is 20.8 Å². The molecule has 0 aliphatic heterocycles. The van der Waals surface area contributed by atoms with Crippen LogP contribution in [0.1, 0.15) is 106 Å². The largest absolute Gasteiger partial charge is 0.477 e. The second-order valence-electron chi connectivity index (χ2n) is 18.2. The maximum Gasteiger partial charge on any atom is 0.346 e.